The number of carbonyl (C=O) groups excluding carboxylic acids is 2. The molecule has 3 nitrogen and oxygen atoms in total. The van der Waals surface area contributed by atoms with Crippen molar-refractivity contribution in [2.75, 3.05) is 13.1 Å². The highest BCUT2D eigenvalue weighted by atomic mass is 35.5. The highest BCUT2D eigenvalue weighted by molar-refractivity contribution is 7.18. The van der Waals surface area contributed by atoms with Gasteiger partial charge in [-0.05, 0) is 42.9 Å². The first kappa shape index (κ1) is 18.2. The molecule has 1 aromatic carbocycles. The van der Waals surface area contributed by atoms with Gasteiger partial charge in [0.2, 0.25) is 5.91 Å². The second kappa shape index (κ2) is 8.63. The maximum absolute atomic E-state index is 12.4. The van der Waals surface area contributed by atoms with E-state index in [4.69, 9.17) is 11.6 Å². The summed E-state index contributed by atoms with van der Waals surface area (Å²) < 4.78 is 0.607. The number of benzene rings is 1. The van der Waals surface area contributed by atoms with Gasteiger partial charge in [-0.2, -0.15) is 0 Å². The van der Waals surface area contributed by atoms with Gasteiger partial charge in [0.25, 0.3) is 0 Å². The van der Waals surface area contributed by atoms with Crippen LogP contribution in [0.1, 0.15) is 40.9 Å². The average Bonchev–Trinajstić information content (AvgIpc) is 3.07. The van der Waals surface area contributed by atoms with Gasteiger partial charge >= 0.3 is 0 Å². The van der Waals surface area contributed by atoms with Crippen molar-refractivity contribution in [3.05, 3.63) is 57.2 Å². The number of thiophene rings is 1. The van der Waals surface area contributed by atoms with Crippen molar-refractivity contribution in [1.29, 1.82) is 0 Å². The molecule has 5 heteroatoms. The number of ketones is 1. The zero-order valence-corrected chi connectivity index (χ0v) is 15.7. The fourth-order valence-corrected chi connectivity index (χ4v) is 4.31. The molecule has 2 aromatic rings. The molecule has 0 bridgehead atoms. The molecule has 0 spiro atoms. The van der Waals surface area contributed by atoms with Crippen molar-refractivity contribution in [3.63, 3.8) is 0 Å². The van der Waals surface area contributed by atoms with E-state index in [1.165, 1.54) is 16.9 Å². The Hall–Kier alpha value is -1.65. The van der Waals surface area contributed by atoms with E-state index in [1.54, 1.807) is 12.1 Å². The largest absolute Gasteiger partial charge is 0.343 e. The normalized spacial score (nSPS) is 15.3. The van der Waals surface area contributed by atoms with E-state index < -0.39 is 0 Å². The van der Waals surface area contributed by atoms with Crippen LogP contribution in [0.25, 0.3) is 0 Å². The van der Waals surface area contributed by atoms with Crippen LogP contribution in [0.2, 0.25) is 4.34 Å². The summed E-state index contributed by atoms with van der Waals surface area (Å²) in [5.74, 6) is 0.736. The van der Waals surface area contributed by atoms with E-state index in [-0.39, 0.29) is 24.5 Å². The zero-order chi connectivity index (χ0) is 17.6. The zero-order valence-electron chi connectivity index (χ0n) is 14.1. The number of likely N-dealkylation sites (tertiary alicyclic amines) is 1. The maximum atomic E-state index is 12.4. The van der Waals surface area contributed by atoms with Crippen molar-refractivity contribution >= 4 is 34.6 Å². The van der Waals surface area contributed by atoms with Crippen LogP contribution in [-0.2, 0) is 11.2 Å². The predicted molar refractivity (Wildman–Crippen MR) is 102 cm³/mol. The first-order chi connectivity index (χ1) is 12.1. The van der Waals surface area contributed by atoms with Gasteiger partial charge in [-0.1, -0.05) is 41.9 Å². The summed E-state index contributed by atoms with van der Waals surface area (Å²) in [6.45, 7) is 1.60. The molecule has 1 amide bonds. The highest BCUT2D eigenvalue weighted by Gasteiger charge is 2.23. The monoisotopic (exact) mass is 375 g/mol. The van der Waals surface area contributed by atoms with Crippen LogP contribution in [0, 0.1) is 5.92 Å². The molecule has 0 unspecified atom stereocenters. The molecule has 0 atom stereocenters. The molecule has 1 saturated heterocycles. The fourth-order valence-electron chi connectivity index (χ4n) is 3.30. The summed E-state index contributed by atoms with van der Waals surface area (Å²) in [6.07, 6.45) is 3.71. The van der Waals surface area contributed by atoms with Gasteiger partial charge in [0.15, 0.2) is 5.78 Å². The number of nitrogens with zero attached hydrogens (tertiary/aromatic N) is 1. The molecular weight excluding hydrogens is 354 g/mol. The third-order valence-corrected chi connectivity index (χ3v) is 6.02. The lowest BCUT2D eigenvalue weighted by atomic mass is 9.90. The summed E-state index contributed by atoms with van der Waals surface area (Å²) >= 11 is 7.13. The average molecular weight is 376 g/mol. The summed E-state index contributed by atoms with van der Waals surface area (Å²) in [4.78, 5) is 27.0. The second-order valence-corrected chi connectivity index (χ2v) is 8.26. The topological polar surface area (TPSA) is 37.4 Å². The Kier molecular flexibility index (Phi) is 6.27. The lowest BCUT2D eigenvalue weighted by Gasteiger charge is -2.32. The van der Waals surface area contributed by atoms with Crippen LogP contribution in [0.4, 0.5) is 0 Å². The molecule has 1 fully saturated rings. The van der Waals surface area contributed by atoms with Crippen LogP contribution in [0.15, 0.2) is 42.5 Å². The Morgan fingerprint density at radius 1 is 1.04 bits per heavy atom. The Morgan fingerprint density at radius 3 is 2.40 bits per heavy atom. The third-order valence-electron chi connectivity index (χ3n) is 4.75. The molecule has 2 heterocycles. The molecule has 0 aliphatic carbocycles. The van der Waals surface area contributed by atoms with E-state index in [0.717, 1.165) is 32.4 Å². The molecule has 132 valence electrons. The first-order valence-electron chi connectivity index (χ1n) is 8.72. The number of rotatable bonds is 6. The van der Waals surface area contributed by atoms with Gasteiger partial charge < -0.3 is 4.90 Å². The number of hydrogen-bond donors (Lipinski definition) is 0. The van der Waals surface area contributed by atoms with Gasteiger partial charge in [-0.3, -0.25) is 9.59 Å². The maximum Gasteiger partial charge on any atom is 0.223 e. The molecule has 0 radical (unpaired) electrons. The summed E-state index contributed by atoms with van der Waals surface area (Å²) in [6, 6.07) is 14.0. The van der Waals surface area contributed by atoms with Crippen molar-refractivity contribution in [2.24, 2.45) is 5.92 Å². The van der Waals surface area contributed by atoms with Crippen molar-refractivity contribution in [2.45, 2.75) is 32.1 Å². The molecule has 1 aliphatic rings. The van der Waals surface area contributed by atoms with Gasteiger partial charge in [-0.25, -0.2) is 0 Å². The number of Topliss-reactive ketones (excluding diaryl/α,β-unsaturated/α-hetero) is 1. The van der Waals surface area contributed by atoms with E-state index in [9.17, 15) is 9.59 Å². The van der Waals surface area contributed by atoms with Gasteiger partial charge in [0.05, 0.1) is 9.21 Å². The minimum atomic E-state index is 0.00390. The van der Waals surface area contributed by atoms with Crippen molar-refractivity contribution in [1.82, 2.24) is 4.90 Å². The minimum absolute atomic E-state index is 0.00390. The van der Waals surface area contributed by atoms with Gasteiger partial charge in [0, 0.05) is 25.9 Å². The Bertz CT molecular complexity index is 720. The first-order valence-corrected chi connectivity index (χ1v) is 9.91. The molecule has 0 N–H and O–H groups in total. The molecular formula is C20H22ClNO2S. The Labute approximate surface area is 157 Å². The third kappa shape index (κ3) is 5.16. The molecule has 0 saturated carbocycles. The number of halogens is 1. The second-order valence-electron chi connectivity index (χ2n) is 6.54. The summed E-state index contributed by atoms with van der Waals surface area (Å²) in [5, 5.41) is 0. The summed E-state index contributed by atoms with van der Waals surface area (Å²) in [7, 11) is 0. The Balaban J connectivity index is 1.41. The van der Waals surface area contributed by atoms with Crippen LogP contribution in [0.5, 0.6) is 0 Å². The van der Waals surface area contributed by atoms with E-state index in [1.807, 2.05) is 11.0 Å². The predicted octanol–water partition coefficient (Wildman–Crippen LogP) is 4.85. The van der Waals surface area contributed by atoms with Gasteiger partial charge in [0.1, 0.15) is 0 Å². The van der Waals surface area contributed by atoms with E-state index in [2.05, 4.69) is 24.3 Å². The molecule has 1 aliphatic heterocycles. The number of piperidine rings is 1. The number of amides is 1. The lowest BCUT2D eigenvalue weighted by molar-refractivity contribution is -0.132. The fraction of sp³-hybridized carbons (Fsp3) is 0.400. The van der Waals surface area contributed by atoms with Crippen LogP contribution < -0.4 is 0 Å². The SMILES string of the molecule is O=C(CCC(=O)N1CCC(Cc2ccccc2)CC1)c1ccc(Cl)s1. The molecule has 1 aromatic heterocycles. The van der Waals surface area contributed by atoms with Crippen LogP contribution >= 0.6 is 22.9 Å². The molecule has 25 heavy (non-hydrogen) atoms. The standard InChI is InChI=1S/C20H22ClNO2S/c21-19-8-7-18(25-19)17(23)6-9-20(24)22-12-10-16(11-13-22)14-15-4-2-1-3-5-15/h1-5,7-8,16H,6,9-14H2. The Morgan fingerprint density at radius 2 is 1.76 bits per heavy atom. The van der Waals surface area contributed by atoms with Crippen LogP contribution in [-0.4, -0.2) is 29.7 Å². The van der Waals surface area contributed by atoms with Crippen molar-refractivity contribution < 1.29 is 9.59 Å². The van der Waals surface area contributed by atoms with Crippen molar-refractivity contribution in [3.8, 4) is 0 Å². The van der Waals surface area contributed by atoms with E-state index in [0.29, 0.717) is 15.1 Å². The smallest absolute Gasteiger partial charge is 0.223 e. The van der Waals surface area contributed by atoms with Crippen LogP contribution in [0.3, 0.4) is 0 Å². The lowest BCUT2D eigenvalue weighted by Crippen LogP contribution is -2.39. The van der Waals surface area contributed by atoms with Gasteiger partial charge in [-0.15, -0.1) is 11.3 Å². The number of carbonyl (C=O) groups is 2. The quantitative estimate of drug-likeness (QED) is 0.677. The minimum Gasteiger partial charge on any atom is -0.343 e. The summed E-state index contributed by atoms with van der Waals surface area (Å²) in [5.41, 5.74) is 1.37. The highest BCUT2D eigenvalue weighted by Crippen LogP contribution is 2.24. The molecule has 3 rings (SSSR count). The number of hydrogen-bond acceptors (Lipinski definition) is 3. The van der Waals surface area contributed by atoms with E-state index >= 15 is 0 Å².